The van der Waals surface area contributed by atoms with Crippen molar-refractivity contribution in [1.29, 1.82) is 0 Å². The molecule has 0 fully saturated rings. The van der Waals surface area contributed by atoms with Crippen LogP contribution in [0.4, 0.5) is 0 Å². The molecule has 1 unspecified atom stereocenters. The highest BCUT2D eigenvalue weighted by molar-refractivity contribution is 5.28. The van der Waals surface area contributed by atoms with E-state index >= 15 is 0 Å². The number of rotatable bonds is 6. The zero-order valence-corrected chi connectivity index (χ0v) is 14.0. The average molecular weight is 301 g/mol. The summed E-state index contributed by atoms with van der Waals surface area (Å²) >= 11 is 0. The van der Waals surface area contributed by atoms with Gasteiger partial charge < -0.3 is 9.84 Å². The number of hydrogen-bond acceptors (Lipinski definition) is 3. The van der Waals surface area contributed by atoms with Gasteiger partial charge in [-0.2, -0.15) is 0 Å². The van der Waals surface area contributed by atoms with Crippen molar-refractivity contribution in [2.24, 2.45) is 0 Å². The second kappa shape index (κ2) is 9.96. The second-order valence-corrected chi connectivity index (χ2v) is 4.85. The van der Waals surface area contributed by atoms with Crippen LogP contribution in [0.2, 0.25) is 0 Å². The third kappa shape index (κ3) is 5.86. The fourth-order valence-corrected chi connectivity index (χ4v) is 1.93. The Kier molecular flexibility index (Phi) is 8.23. The van der Waals surface area contributed by atoms with Crippen molar-refractivity contribution in [2.75, 3.05) is 6.61 Å². The van der Waals surface area contributed by atoms with Crippen LogP contribution in [0.1, 0.15) is 50.6 Å². The molecule has 1 aromatic carbocycles. The molecule has 2 aromatic rings. The first-order valence-corrected chi connectivity index (χ1v) is 8.03. The Morgan fingerprint density at radius 2 is 1.77 bits per heavy atom. The minimum Gasteiger partial charge on any atom is -0.493 e. The number of hydrogen-bond donors (Lipinski definition) is 1. The Hall–Kier alpha value is -1.87. The number of nitrogens with zero attached hydrogens (tertiary/aromatic N) is 1. The maximum atomic E-state index is 9.43. The number of aryl methyl sites for hydroxylation is 1. The number of pyridine rings is 1. The lowest BCUT2D eigenvalue weighted by molar-refractivity contribution is 0.199. The number of benzene rings is 1. The molecule has 1 heterocycles. The van der Waals surface area contributed by atoms with Crippen molar-refractivity contribution < 1.29 is 9.84 Å². The monoisotopic (exact) mass is 301 g/mol. The highest BCUT2D eigenvalue weighted by Crippen LogP contribution is 2.17. The van der Waals surface area contributed by atoms with E-state index in [1.165, 1.54) is 5.56 Å². The first kappa shape index (κ1) is 18.2. The molecule has 1 aromatic heterocycles. The molecule has 0 saturated heterocycles. The molecule has 120 valence electrons. The second-order valence-electron chi connectivity index (χ2n) is 4.85. The Bertz CT molecular complexity index is 518. The van der Waals surface area contributed by atoms with Gasteiger partial charge in [0.2, 0.25) is 0 Å². The van der Waals surface area contributed by atoms with Crippen molar-refractivity contribution in [3.63, 3.8) is 0 Å². The zero-order chi connectivity index (χ0) is 16.4. The van der Waals surface area contributed by atoms with Crippen LogP contribution in [0.5, 0.6) is 5.75 Å². The van der Waals surface area contributed by atoms with Crippen LogP contribution in [0.3, 0.4) is 0 Å². The van der Waals surface area contributed by atoms with Crippen LogP contribution in [-0.2, 0) is 12.8 Å². The summed E-state index contributed by atoms with van der Waals surface area (Å²) in [6.45, 7) is 8.48. The third-order valence-electron chi connectivity index (χ3n) is 3.28. The van der Waals surface area contributed by atoms with E-state index in [-0.39, 0.29) is 0 Å². The molecule has 0 spiro atoms. The van der Waals surface area contributed by atoms with E-state index in [1.807, 2.05) is 44.3 Å². The van der Waals surface area contributed by atoms with Gasteiger partial charge in [-0.3, -0.25) is 4.98 Å². The Balaban J connectivity index is 0.00000116. The van der Waals surface area contributed by atoms with Crippen molar-refractivity contribution in [3.8, 4) is 5.75 Å². The van der Waals surface area contributed by atoms with E-state index in [2.05, 4.69) is 24.0 Å². The molecule has 0 saturated carbocycles. The number of aromatic nitrogens is 1. The third-order valence-corrected chi connectivity index (χ3v) is 3.28. The standard InChI is InChI=1S/C17H21NO2.C2H6/c1-3-14-4-7-16(18-12-14)10-11-20-17-8-5-15(6-9-17)13(2)19;1-2/h4-9,12-13,19H,3,10-11H2,1-2H3;1-2H3. The SMILES string of the molecule is CC.CCc1ccc(CCOc2ccc(C(C)O)cc2)nc1. The largest absolute Gasteiger partial charge is 0.493 e. The minimum atomic E-state index is -0.440. The Morgan fingerprint density at radius 3 is 2.27 bits per heavy atom. The van der Waals surface area contributed by atoms with E-state index in [4.69, 9.17) is 4.74 Å². The quantitative estimate of drug-likeness (QED) is 0.862. The van der Waals surface area contributed by atoms with Crippen molar-refractivity contribution >= 4 is 0 Å². The highest BCUT2D eigenvalue weighted by atomic mass is 16.5. The summed E-state index contributed by atoms with van der Waals surface area (Å²) in [5.41, 5.74) is 3.19. The molecule has 0 aliphatic rings. The first-order valence-electron chi connectivity index (χ1n) is 8.03. The Morgan fingerprint density at radius 1 is 1.09 bits per heavy atom. The van der Waals surface area contributed by atoms with Gasteiger partial charge >= 0.3 is 0 Å². The van der Waals surface area contributed by atoms with Crippen LogP contribution < -0.4 is 4.74 Å². The lowest BCUT2D eigenvalue weighted by Gasteiger charge is -2.08. The molecule has 3 nitrogen and oxygen atoms in total. The molecule has 22 heavy (non-hydrogen) atoms. The molecule has 0 bridgehead atoms. The summed E-state index contributed by atoms with van der Waals surface area (Å²) in [5.74, 6) is 0.819. The lowest BCUT2D eigenvalue weighted by atomic mass is 10.1. The van der Waals surface area contributed by atoms with Crippen molar-refractivity contribution in [2.45, 2.75) is 46.6 Å². The van der Waals surface area contributed by atoms with Crippen LogP contribution in [0, 0.1) is 0 Å². The molecule has 1 N–H and O–H groups in total. The first-order chi connectivity index (χ1) is 10.7. The number of ether oxygens (including phenoxy) is 1. The van der Waals surface area contributed by atoms with E-state index in [1.54, 1.807) is 6.92 Å². The summed E-state index contributed by atoms with van der Waals surface area (Å²) in [7, 11) is 0. The zero-order valence-electron chi connectivity index (χ0n) is 14.0. The van der Waals surface area contributed by atoms with Crippen LogP contribution in [0.25, 0.3) is 0 Å². The predicted molar refractivity (Wildman–Crippen MR) is 91.2 cm³/mol. The van der Waals surface area contributed by atoms with Gasteiger partial charge in [0.15, 0.2) is 0 Å². The number of aliphatic hydroxyl groups is 1. The van der Waals surface area contributed by atoms with E-state index < -0.39 is 6.10 Å². The van der Waals surface area contributed by atoms with Crippen LogP contribution >= 0.6 is 0 Å². The molecular formula is C19H27NO2. The normalized spacial score (nSPS) is 11.3. The maximum Gasteiger partial charge on any atom is 0.119 e. The van der Waals surface area contributed by atoms with Crippen molar-refractivity contribution in [1.82, 2.24) is 4.98 Å². The summed E-state index contributed by atoms with van der Waals surface area (Å²) < 4.78 is 5.68. The summed E-state index contributed by atoms with van der Waals surface area (Å²) in [5, 5.41) is 9.43. The van der Waals surface area contributed by atoms with Gasteiger partial charge in [-0.1, -0.05) is 39.0 Å². The summed E-state index contributed by atoms with van der Waals surface area (Å²) in [6.07, 6.45) is 3.29. The van der Waals surface area contributed by atoms with Crippen LogP contribution in [0.15, 0.2) is 42.6 Å². The highest BCUT2D eigenvalue weighted by Gasteiger charge is 2.01. The van der Waals surface area contributed by atoms with Crippen molar-refractivity contribution in [3.05, 3.63) is 59.4 Å². The molecule has 3 heteroatoms. The maximum absolute atomic E-state index is 9.43. The Labute approximate surface area is 134 Å². The van der Waals surface area contributed by atoms with Gasteiger partial charge in [0.1, 0.15) is 5.75 Å². The topological polar surface area (TPSA) is 42.4 Å². The fourth-order valence-electron chi connectivity index (χ4n) is 1.93. The fraction of sp³-hybridized carbons (Fsp3) is 0.421. The molecule has 0 amide bonds. The van der Waals surface area contributed by atoms with Gasteiger partial charge in [-0.25, -0.2) is 0 Å². The summed E-state index contributed by atoms with van der Waals surface area (Å²) in [4.78, 5) is 4.40. The van der Waals surface area contributed by atoms with E-state index in [0.29, 0.717) is 6.61 Å². The average Bonchev–Trinajstić information content (AvgIpc) is 2.58. The van der Waals surface area contributed by atoms with E-state index in [9.17, 15) is 5.11 Å². The molecule has 0 aliphatic heterocycles. The summed E-state index contributed by atoms with van der Waals surface area (Å²) in [6, 6.07) is 11.7. The molecule has 0 radical (unpaired) electrons. The lowest BCUT2D eigenvalue weighted by Crippen LogP contribution is -2.03. The smallest absolute Gasteiger partial charge is 0.119 e. The molecule has 1 atom stereocenters. The van der Waals surface area contributed by atoms with Crippen LogP contribution in [-0.4, -0.2) is 16.7 Å². The minimum absolute atomic E-state index is 0.440. The van der Waals surface area contributed by atoms with E-state index in [0.717, 1.165) is 29.8 Å². The van der Waals surface area contributed by atoms with Gasteiger partial charge in [-0.05, 0) is 42.7 Å². The van der Waals surface area contributed by atoms with Gasteiger partial charge in [0.25, 0.3) is 0 Å². The molecule has 2 rings (SSSR count). The van der Waals surface area contributed by atoms with Gasteiger partial charge in [0.05, 0.1) is 12.7 Å². The van der Waals surface area contributed by atoms with Gasteiger partial charge in [-0.15, -0.1) is 0 Å². The van der Waals surface area contributed by atoms with Gasteiger partial charge in [0, 0.05) is 18.3 Å². The number of aliphatic hydroxyl groups excluding tert-OH is 1. The molecule has 0 aliphatic carbocycles. The predicted octanol–water partition coefficient (Wildman–Crippen LogP) is 4.35. The molecular weight excluding hydrogens is 274 g/mol.